The van der Waals surface area contributed by atoms with Crippen molar-refractivity contribution in [3.8, 4) is 0 Å². The summed E-state index contributed by atoms with van der Waals surface area (Å²) >= 11 is 0. The van der Waals surface area contributed by atoms with E-state index in [0.717, 1.165) is 25.7 Å². The number of unbranched alkanes of at least 4 members (excludes halogenated alkanes) is 24. The van der Waals surface area contributed by atoms with E-state index < -0.39 is 0 Å². The molecule has 0 radical (unpaired) electrons. The summed E-state index contributed by atoms with van der Waals surface area (Å²) in [6.07, 6.45) is 52.1. The van der Waals surface area contributed by atoms with Crippen LogP contribution in [0.15, 0.2) is 36.5 Å². The zero-order chi connectivity index (χ0) is 30.4. The number of ether oxygens (including phenoxy) is 1. The highest BCUT2D eigenvalue weighted by atomic mass is 16.5. The molecule has 0 N–H and O–H groups in total. The fourth-order valence-electron chi connectivity index (χ4n) is 5.40. The molecule has 0 amide bonds. The molecule has 0 aromatic heterocycles. The number of rotatable bonds is 34. The quantitative estimate of drug-likeness (QED) is 0.0426. The normalized spacial score (nSPS) is 12.0. The second-order valence-electron chi connectivity index (χ2n) is 12.6. The highest BCUT2D eigenvalue weighted by Gasteiger charge is 2.02. The Morgan fingerprint density at radius 1 is 0.405 bits per heavy atom. The summed E-state index contributed by atoms with van der Waals surface area (Å²) < 4.78 is 5.44. The Kier molecular flexibility index (Phi) is 36.5. The first kappa shape index (κ1) is 40.7. The standard InChI is InChI=1S/C40H74O2/c1-3-5-7-9-11-13-15-17-19-20-21-22-23-25-27-29-31-33-35-37-39-42-40(41)38-36-34-32-30-28-26-24-18-16-14-12-10-8-6-4-2/h12,14,17-19,24H,3-11,13,15-16,20-23,25-39H2,1-2H3/b14-12-,19-17-,24-18-. The first-order valence-electron chi connectivity index (χ1n) is 18.9. The summed E-state index contributed by atoms with van der Waals surface area (Å²) in [7, 11) is 0. The average molecular weight is 587 g/mol. The highest BCUT2D eigenvalue weighted by molar-refractivity contribution is 5.69. The van der Waals surface area contributed by atoms with Gasteiger partial charge in [0.05, 0.1) is 6.61 Å². The molecule has 246 valence electrons. The van der Waals surface area contributed by atoms with Crippen molar-refractivity contribution in [3.63, 3.8) is 0 Å². The topological polar surface area (TPSA) is 26.3 Å². The van der Waals surface area contributed by atoms with Gasteiger partial charge in [0.1, 0.15) is 0 Å². The van der Waals surface area contributed by atoms with E-state index in [2.05, 4.69) is 50.3 Å². The Bertz CT molecular complexity index is 603. The molecule has 0 rings (SSSR count). The minimum Gasteiger partial charge on any atom is -0.466 e. The number of carbonyl (C=O) groups excluding carboxylic acids is 1. The predicted molar refractivity (Wildman–Crippen MR) is 188 cm³/mol. The molecule has 0 saturated carbocycles. The zero-order valence-electron chi connectivity index (χ0n) is 28.7. The largest absolute Gasteiger partial charge is 0.466 e. The summed E-state index contributed by atoms with van der Waals surface area (Å²) in [5.74, 6) is 0.00831. The molecular formula is C40H74O2. The van der Waals surface area contributed by atoms with Crippen LogP contribution in [0.5, 0.6) is 0 Å². The third-order valence-electron chi connectivity index (χ3n) is 8.25. The van der Waals surface area contributed by atoms with E-state index >= 15 is 0 Å². The summed E-state index contributed by atoms with van der Waals surface area (Å²) in [6, 6.07) is 0. The number of carbonyl (C=O) groups is 1. The van der Waals surface area contributed by atoms with Crippen molar-refractivity contribution in [2.75, 3.05) is 6.61 Å². The van der Waals surface area contributed by atoms with Crippen LogP contribution in [0.1, 0.15) is 206 Å². The van der Waals surface area contributed by atoms with Crippen LogP contribution in [0.4, 0.5) is 0 Å². The van der Waals surface area contributed by atoms with Gasteiger partial charge in [-0.15, -0.1) is 0 Å². The third-order valence-corrected chi connectivity index (χ3v) is 8.25. The van der Waals surface area contributed by atoms with Gasteiger partial charge < -0.3 is 4.74 Å². The molecule has 0 aliphatic carbocycles. The van der Waals surface area contributed by atoms with Crippen LogP contribution < -0.4 is 0 Å². The van der Waals surface area contributed by atoms with Crippen LogP contribution in [0.25, 0.3) is 0 Å². The van der Waals surface area contributed by atoms with Crippen LogP contribution >= 0.6 is 0 Å². The lowest BCUT2D eigenvalue weighted by Gasteiger charge is -2.05. The van der Waals surface area contributed by atoms with Gasteiger partial charge in [-0.1, -0.05) is 166 Å². The number of hydrogen-bond donors (Lipinski definition) is 0. The molecule has 0 atom stereocenters. The smallest absolute Gasteiger partial charge is 0.305 e. The first-order valence-corrected chi connectivity index (χ1v) is 18.9. The predicted octanol–water partition coefficient (Wildman–Crippen LogP) is 13.9. The average Bonchev–Trinajstić information content (AvgIpc) is 3.00. The monoisotopic (exact) mass is 587 g/mol. The second kappa shape index (κ2) is 37.7. The van der Waals surface area contributed by atoms with Gasteiger partial charge in [0.25, 0.3) is 0 Å². The lowest BCUT2D eigenvalue weighted by atomic mass is 10.1. The van der Waals surface area contributed by atoms with Crippen molar-refractivity contribution in [1.82, 2.24) is 0 Å². The van der Waals surface area contributed by atoms with Crippen molar-refractivity contribution >= 4 is 5.97 Å². The molecule has 0 aromatic carbocycles. The molecule has 0 aromatic rings. The molecule has 0 heterocycles. The number of esters is 1. The van der Waals surface area contributed by atoms with E-state index in [4.69, 9.17) is 4.74 Å². The van der Waals surface area contributed by atoms with Gasteiger partial charge in [-0.2, -0.15) is 0 Å². The Morgan fingerprint density at radius 2 is 0.738 bits per heavy atom. The second-order valence-corrected chi connectivity index (χ2v) is 12.6. The van der Waals surface area contributed by atoms with E-state index in [9.17, 15) is 4.79 Å². The van der Waals surface area contributed by atoms with Gasteiger partial charge in [-0.3, -0.25) is 4.79 Å². The van der Waals surface area contributed by atoms with E-state index in [1.807, 2.05) is 0 Å². The zero-order valence-corrected chi connectivity index (χ0v) is 28.7. The maximum atomic E-state index is 11.9. The van der Waals surface area contributed by atoms with Crippen LogP contribution in [0.3, 0.4) is 0 Å². The van der Waals surface area contributed by atoms with Crippen LogP contribution in [-0.2, 0) is 9.53 Å². The lowest BCUT2D eigenvalue weighted by Crippen LogP contribution is -2.05. The molecule has 0 bridgehead atoms. The SMILES string of the molecule is CCCCC/C=C\C/C=C\CCCCCCCC(=O)OCCCCCCCCCCCC/C=C\CCCCCCCC. The minimum absolute atomic E-state index is 0.00831. The molecule has 0 unspecified atom stereocenters. The Hall–Kier alpha value is -1.31. The summed E-state index contributed by atoms with van der Waals surface area (Å²) in [4.78, 5) is 11.9. The van der Waals surface area contributed by atoms with Crippen molar-refractivity contribution < 1.29 is 9.53 Å². The van der Waals surface area contributed by atoms with Gasteiger partial charge in [0.2, 0.25) is 0 Å². The van der Waals surface area contributed by atoms with Crippen LogP contribution in [0.2, 0.25) is 0 Å². The summed E-state index contributed by atoms with van der Waals surface area (Å²) in [5.41, 5.74) is 0. The first-order chi connectivity index (χ1) is 20.8. The molecular weight excluding hydrogens is 512 g/mol. The van der Waals surface area contributed by atoms with Gasteiger partial charge >= 0.3 is 5.97 Å². The molecule has 0 saturated heterocycles. The maximum Gasteiger partial charge on any atom is 0.305 e. The molecule has 0 aliphatic rings. The molecule has 2 nitrogen and oxygen atoms in total. The maximum absolute atomic E-state index is 11.9. The van der Waals surface area contributed by atoms with Crippen molar-refractivity contribution in [2.24, 2.45) is 0 Å². The van der Waals surface area contributed by atoms with Crippen molar-refractivity contribution in [2.45, 2.75) is 206 Å². The van der Waals surface area contributed by atoms with E-state index in [-0.39, 0.29) is 5.97 Å². The van der Waals surface area contributed by atoms with Crippen molar-refractivity contribution in [3.05, 3.63) is 36.5 Å². The van der Waals surface area contributed by atoms with Crippen molar-refractivity contribution in [1.29, 1.82) is 0 Å². The fourth-order valence-corrected chi connectivity index (χ4v) is 5.40. The van der Waals surface area contributed by atoms with Crippen LogP contribution in [0, 0.1) is 0 Å². The van der Waals surface area contributed by atoms with Gasteiger partial charge in [0.15, 0.2) is 0 Å². The highest BCUT2D eigenvalue weighted by Crippen LogP contribution is 2.13. The Labute approximate surface area is 264 Å². The third kappa shape index (κ3) is 36.7. The van der Waals surface area contributed by atoms with E-state index in [1.54, 1.807) is 0 Å². The van der Waals surface area contributed by atoms with Gasteiger partial charge in [-0.25, -0.2) is 0 Å². The molecule has 0 aliphatic heterocycles. The molecule has 42 heavy (non-hydrogen) atoms. The number of allylic oxidation sites excluding steroid dienone is 6. The van der Waals surface area contributed by atoms with Gasteiger partial charge in [0, 0.05) is 6.42 Å². The Balaban J connectivity index is 3.24. The van der Waals surface area contributed by atoms with Crippen LogP contribution in [-0.4, -0.2) is 12.6 Å². The number of hydrogen-bond acceptors (Lipinski definition) is 2. The minimum atomic E-state index is 0.00831. The Morgan fingerprint density at radius 3 is 1.21 bits per heavy atom. The lowest BCUT2D eigenvalue weighted by molar-refractivity contribution is -0.143. The molecule has 2 heteroatoms. The molecule has 0 fully saturated rings. The fraction of sp³-hybridized carbons (Fsp3) is 0.825. The molecule has 0 spiro atoms. The van der Waals surface area contributed by atoms with E-state index in [1.165, 1.54) is 161 Å². The van der Waals surface area contributed by atoms with Gasteiger partial charge in [-0.05, 0) is 70.6 Å². The summed E-state index contributed by atoms with van der Waals surface area (Å²) in [6.45, 7) is 5.16. The summed E-state index contributed by atoms with van der Waals surface area (Å²) in [5, 5.41) is 0. The van der Waals surface area contributed by atoms with E-state index in [0.29, 0.717) is 13.0 Å².